The smallest absolute Gasteiger partial charge is 0.410 e. The van der Waals surface area contributed by atoms with Gasteiger partial charge in [-0.15, -0.1) is 11.3 Å². The van der Waals surface area contributed by atoms with Crippen LogP contribution >= 0.6 is 11.3 Å². The predicted molar refractivity (Wildman–Crippen MR) is 110 cm³/mol. The summed E-state index contributed by atoms with van der Waals surface area (Å²) in [6, 6.07) is 17.4. The maximum Gasteiger partial charge on any atom is 0.416 e. The highest BCUT2D eigenvalue weighted by molar-refractivity contribution is 7.14. The van der Waals surface area contributed by atoms with Gasteiger partial charge in [0, 0.05) is 17.4 Å². The molecule has 7 nitrogen and oxygen atoms in total. The third kappa shape index (κ3) is 4.44. The molecule has 1 saturated heterocycles. The lowest BCUT2D eigenvalue weighted by Crippen LogP contribution is -2.44. The van der Waals surface area contributed by atoms with Crippen molar-refractivity contribution in [1.82, 2.24) is 9.88 Å². The standard InChI is InChI=1S/C21H19N3O4S/c25-15-11-18(24(12-15)21(27)28-16-9-5-2-6-10-16)19(26)23-20-22-17(13-29-20)14-7-3-1-4-8-14/h1-10,13,15,18,25H,11-12H2,(H,22,23,26). The van der Waals surface area contributed by atoms with Crippen molar-refractivity contribution >= 4 is 28.5 Å². The van der Waals surface area contributed by atoms with E-state index in [2.05, 4.69) is 10.3 Å². The Hall–Kier alpha value is -3.23. The Balaban J connectivity index is 1.44. The van der Waals surface area contributed by atoms with Gasteiger partial charge in [-0.25, -0.2) is 9.78 Å². The van der Waals surface area contributed by atoms with E-state index in [9.17, 15) is 14.7 Å². The first-order valence-corrected chi connectivity index (χ1v) is 10.0. The predicted octanol–water partition coefficient (Wildman–Crippen LogP) is 3.38. The van der Waals surface area contributed by atoms with E-state index in [1.165, 1.54) is 16.2 Å². The van der Waals surface area contributed by atoms with E-state index >= 15 is 0 Å². The van der Waals surface area contributed by atoms with Gasteiger partial charge < -0.3 is 15.2 Å². The highest BCUT2D eigenvalue weighted by Crippen LogP contribution is 2.26. The van der Waals surface area contributed by atoms with Gasteiger partial charge >= 0.3 is 6.09 Å². The van der Waals surface area contributed by atoms with E-state index in [-0.39, 0.29) is 13.0 Å². The van der Waals surface area contributed by atoms with Crippen molar-refractivity contribution < 1.29 is 19.4 Å². The highest BCUT2D eigenvalue weighted by atomic mass is 32.1. The Morgan fingerprint density at radius 3 is 2.52 bits per heavy atom. The second kappa shape index (κ2) is 8.42. The van der Waals surface area contributed by atoms with Gasteiger partial charge in [-0.1, -0.05) is 48.5 Å². The lowest BCUT2D eigenvalue weighted by atomic mass is 10.2. The molecule has 4 rings (SSSR count). The van der Waals surface area contributed by atoms with Crippen molar-refractivity contribution in [3.63, 3.8) is 0 Å². The van der Waals surface area contributed by atoms with Gasteiger partial charge in [0.2, 0.25) is 5.91 Å². The van der Waals surface area contributed by atoms with Crippen molar-refractivity contribution in [2.75, 3.05) is 11.9 Å². The number of hydrogen-bond donors (Lipinski definition) is 2. The van der Waals surface area contributed by atoms with E-state index in [0.717, 1.165) is 11.3 Å². The summed E-state index contributed by atoms with van der Waals surface area (Å²) < 4.78 is 5.32. The van der Waals surface area contributed by atoms with E-state index in [4.69, 9.17) is 4.74 Å². The molecule has 0 saturated carbocycles. The maximum atomic E-state index is 12.8. The summed E-state index contributed by atoms with van der Waals surface area (Å²) in [7, 11) is 0. The van der Waals surface area contributed by atoms with Crippen molar-refractivity contribution in [2.24, 2.45) is 0 Å². The van der Waals surface area contributed by atoms with Crippen LogP contribution in [-0.2, 0) is 4.79 Å². The monoisotopic (exact) mass is 409 g/mol. The summed E-state index contributed by atoms with van der Waals surface area (Å²) in [5.41, 5.74) is 1.71. The van der Waals surface area contributed by atoms with Crippen LogP contribution in [0.3, 0.4) is 0 Å². The first-order chi connectivity index (χ1) is 14.1. The van der Waals surface area contributed by atoms with Gasteiger partial charge in [-0.3, -0.25) is 9.69 Å². The minimum absolute atomic E-state index is 0.0386. The summed E-state index contributed by atoms with van der Waals surface area (Å²) in [6.07, 6.45) is -1.31. The summed E-state index contributed by atoms with van der Waals surface area (Å²) in [6.45, 7) is 0.0386. The first kappa shape index (κ1) is 19.1. The molecule has 2 atom stereocenters. The first-order valence-electron chi connectivity index (χ1n) is 9.13. The van der Waals surface area contributed by atoms with Gasteiger partial charge in [0.15, 0.2) is 5.13 Å². The number of hydrogen-bond acceptors (Lipinski definition) is 6. The Kier molecular flexibility index (Phi) is 5.55. The summed E-state index contributed by atoms with van der Waals surface area (Å²) >= 11 is 1.30. The molecule has 0 radical (unpaired) electrons. The lowest BCUT2D eigenvalue weighted by molar-refractivity contribution is -0.119. The Morgan fingerprint density at radius 2 is 1.79 bits per heavy atom. The molecule has 2 aromatic carbocycles. The molecule has 2 unspecified atom stereocenters. The summed E-state index contributed by atoms with van der Waals surface area (Å²) in [5.74, 6) is -0.0222. The number of nitrogens with one attached hydrogen (secondary N) is 1. The molecule has 1 aromatic heterocycles. The fourth-order valence-electron chi connectivity index (χ4n) is 3.17. The van der Waals surface area contributed by atoms with Crippen LogP contribution in [0.5, 0.6) is 5.75 Å². The quantitative estimate of drug-likeness (QED) is 0.689. The molecule has 8 heteroatoms. The fourth-order valence-corrected chi connectivity index (χ4v) is 3.90. The number of carbonyl (C=O) groups excluding carboxylic acids is 2. The number of aliphatic hydroxyl groups is 1. The van der Waals surface area contributed by atoms with Crippen LogP contribution < -0.4 is 10.1 Å². The number of amides is 2. The van der Waals surface area contributed by atoms with Crippen molar-refractivity contribution in [3.8, 4) is 17.0 Å². The van der Waals surface area contributed by atoms with E-state index in [1.807, 2.05) is 41.8 Å². The lowest BCUT2D eigenvalue weighted by Gasteiger charge is -2.22. The van der Waals surface area contributed by atoms with Crippen LogP contribution in [0, 0.1) is 0 Å². The molecule has 0 aliphatic carbocycles. The summed E-state index contributed by atoms with van der Waals surface area (Å²) in [4.78, 5) is 31.0. The maximum absolute atomic E-state index is 12.8. The molecule has 2 amide bonds. The molecule has 1 aliphatic heterocycles. The topological polar surface area (TPSA) is 91.8 Å². The van der Waals surface area contributed by atoms with Gasteiger partial charge in [-0.2, -0.15) is 0 Å². The fraction of sp³-hybridized carbons (Fsp3) is 0.190. The van der Waals surface area contributed by atoms with Crippen molar-refractivity contribution in [2.45, 2.75) is 18.6 Å². The van der Waals surface area contributed by atoms with Gasteiger partial charge in [0.1, 0.15) is 11.8 Å². The van der Waals surface area contributed by atoms with Crippen LogP contribution in [0.2, 0.25) is 0 Å². The number of rotatable bonds is 4. The molecular formula is C21H19N3O4S. The third-order valence-electron chi connectivity index (χ3n) is 4.57. The number of thiazole rings is 1. The van der Waals surface area contributed by atoms with Crippen molar-refractivity contribution in [3.05, 3.63) is 66.0 Å². The number of benzene rings is 2. The Morgan fingerprint density at radius 1 is 1.10 bits per heavy atom. The van der Waals surface area contributed by atoms with E-state index < -0.39 is 24.1 Å². The SMILES string of the molecule is O=C(Nc1nc(-c2ccccc2)cs1)C1CC(O)CN1C(=O)Oc1ccccc1. The van der Waals surface area contributed by atoms with Crippen LogP contribution in [0.15, 0.2) is 66.0 Å². The van der Waals surface area contributed by atoms with Crippen LogP contribution in [0.1, 0.15) is 6.42 Å². The minimum atomic E-state index is -0.828. The van der Waals surface area contributed by atoms with Crippen LogP contribution in [0.4, 0.5) is 9.93 Å². The number of para-hydroxylation sites is 1. The molecule has 2 N–H and O–H groups in total. The average molecular weight is 409 g/mol. The van der Waals surface area contributed by atoms with E-state index in [0.29, 0.717) is 10.9 Å². The number of carbonyl (C=O) groups is 2. The number of ether oxygens (including phenoxy) is 1. The summed E-state index contributed by atoms with van der Waals surface area (Å²) in [5, 5.41) is 15.1. The van der Waals surface area contributed by atoms with Crippen LogP contribution in [-0.4, -0.2) is 45.7 Å². The molecule has 1 aliphatic rings. The molecule has 29 heavy (non-hydrogen) atoms. The molecule has 0 bridgehead atoms. The van der Waals surface area contributed by atoms with Gasteiger partial charge in [-0.05, 0) is 12.1 Å². The number of β-amino-alcohol motifs (C(OH)–C–C–N with tert-alkyl or cyclic N) is 1. The Labute approximate surface area is 171 Å². The van der Waals surface area contributed by atoms with Gasteiger partial charge in [0.05, 0.1) is 18.3 Å². The molecule has 148 valence electrons. The second-order valence-electron chi connectivity index (χ2n) is 6.63. The van der Waals surface area contributed by atoms with E-state index in [1.54, 1.807) is 24.3 Å². The minimum Gasteiger partial charge on any atom is -0.410 e. The number of likely N-dealkylation sites (tertiary alicyclic amines) is 1. The number of nitrogens with zero attached hydrogens (tertiary/aromatic N) is 2. The molecule has 0 spiro atoms. The molecule has 2 heterocycles. The zero-order chi connectivity index (χ0) is 20.2. The second-order valence-corrected chi connectivity index (χ2v) is 7.49. The van der Waals surface area contributed by atoms with Gasteiger partial charge in [0.25, 0.3) is 0 Å². The number of anilines is 1. The Bertz CT molecular complexity index is 993. The number of aromatic nitrogens is 1. The highest BCUT2D eigenvalue weighted by Gasteiger charge is 2.40. The molecule has 3 aromatic rings. The molecular weight excluding hydrogens is 390 g/mol. The average Bonchev–Trinajstić information content (AvgIpc) is 3.36. The largest absolute Gasteiger partial charge is 0.416 e. The molecule has 1 fully saturated rings. The normalized spacial score (nSPS) is 18.4. The number of aliphatic hydroxyl groups excluding tert-OH is 1. The van der Waals surface area contributed by atoms with Crippen molar-refractivity contribution in [1.29, 1.82) is 0 Å². The zero-order valence-electron chi connectivity index (χ0n) is 15.4. The zero-order valence-corrected chi connectivity index (χ0v) is 16.2. The van der Waals surface area contributed by atoms with Crippen LogP contribution in [0.25, 0.3) is 11.3 Å². The third-order valence-corrected chi connectivity index (χ3v) is 5.33.